The Kier molecular flexibility index (Phi) is 3.52. The van der Waals surface area contributed by atoms with Gasteiger partial charge in [-0.3, -0.25) is 10.2 Å². The number of halogens is 2. The Morgan fingerprint density at radius 3 is 2.53 bits per heavy atom. The van der Waals surface area contributed by atoms with Crippen LogP contribution < -0.4 is 0 Å². The van der Waals surface area contributed by atoms with Crippen LogP contribution in [-0.4, -0.2) is 16.5 Å². The van der Waals surface area contributed by atoms with Crippen molar-refractivity contribution < 1.29 is 5.21 Å². The van der Waals surface area contributed by atoms with E-state index < -0.39 is 0 Å². The van der Waals surface area contributed by atoms with Crippen molar-refractivity contribution in [1.29, 1.82) is 0 Å². The maximum absolute atomic E-state index is 9.69. The number of rotatable bonds is 1. The average molecular weight is 269 g/mol. The first-order valence-corrected chi connectivity index (χ1v) is 5.70. The minimum absolute atomic E-state index is 0.494. The third kappa shape index (κ3) is 2.52. The maximum atomic E-state index is 9.69. The number of hydrogen-bond acceptors (Lipinski definition) is 3. The SMILES string of the molecule is CC1=CC=NC(c2c(Cl)cccc2Cl)=CN1O. The van der Waals surface area contributed by atoms with Gasteiger partial charge in [-0.05, 0) is 25.1 Å². The Balaban J connectivity index is 2.52. The van der Waals surface area contributed by atoms with E-state index >= 15 is 0 Å². The molecule has 0 saturated carbocycles. The van der Waals surface area contributed by atoms with Gasteiger partial charge in [-0.2, -0.15) is 0 Å². The second-order valence-corrected chi connectivity index (χ2v) is 4.36. The fourth-order valence-corrected chi connectivity index (χ4v) is 2.02. The number of hydrogen-bond donors (Lipinski definition) is 1. The summed E-state index contributed by atoms with van der Waals surface area (Å²) in [5.74, 6) is 0. The summed E-state index contributed by atoms with van der Waals surface area (Å²) in [7, 11) is 0. The van der Waals surface area contributed by atoms with Gasteiger partial charge in [0.25, 0.3) is 0 Å². The van der Waals surface area contributed by atoms with E-state index in [0.29, 0.717) is 27.0 Å². The number of nitrogens with zero attached hydrogens (tertiary/aromatic N) is 2. The van der Waals surface area contributed by atoms with Gasteiger partial charge in [-0.15, -0.1) is 0 Å². The lowest BCUT2D eigenvalue weighted by Gasteiger charge is -2.12. The third-order valence-corrected chi connectivity index (χ3v) is 2.98. The molecular weight excluding hydrogens is 259 g/mol. The lowest BCUT2D eigenvalue weighted by atomic mass is 10.1. The van der Waals surface area contributed by atoms with Crippen molar-refractivity contribution >= 4 is 35.1 Å². The van der Waals surface area contributed by atoms with Crippen molar-refractivity contribution in [2.24, 2.45) is 4.99 Å². The summed E-state index contributed by atoms with van der Waals surface area (Å²) < 4.78 is 0. The van der Waals surface area contributed by atoms with Gasteiger partial charge in [-0.1, -0.05) is 29.3 Å². The zero-order valence-corrected chi connectivity index (χ0v) is 10.6. The molecule has 1 N–H and O–H groups in total. The van der Waals surface area contributed by atoms with Gasteiger partial charge in [0.15, 0.2) is 0 Å². The van der Waals surface area contributed by atoms with E-state index in [-0.39, 0.29) is 0 Å². The van der Waals surface area contributed by atoms with Crippen LogP contribution in [0.4, 0.5) is 0 Å². The van der Waals surface area contributed by atoms with E-state index in [9.17, 15) is 5.21 Å². The quantitative estimate of drug-likeness (QED) is 0.837. The minimum atomic E-state index is 0.494. The Labute approximate surface area is 109 Å². The number of allylic oxidation sites excluding steroid dienone is 2. The van der Waals surface area contributed by atoms with Crippen LogP contribution in [-0.2, 0) is 0 Å². The fourth-order valence-electron chi connectivity index (χ4n) is 1.42. The molecule has 0 radical (unpaired) electrons. The molecule has 0 amide bonds. The summed E-state index contributed by atoms with van der Waals surface area (Å²) >= 11 is 12.2. The van der Waals surface area contributed by atoms with Crippen LogP contribution in [0.25, 0.3) is 5.70 Å². The minimum Gasteiger partial charge on any atom is -0.284 e. The normalized spacial score (nSPS) is 15.4. The molecular formula is C12H10Cl2N2O. The molecule has 0 atom stereocenters. The number of hydroxylamine groups is 2. The summed E-state index contributed by atoms with van der Waals surface area (Å²) in [5, 5.41) is 11.7. The number of aliphatic imine (C=N–C) groups is 1. The van der Waals surface area contributed by atoms with Gasteiger partial charge < -0.3 is 0 Å². The van der Waals surface area contributed by atoms with E-state index in [1.807, 2.05) is 0 Å². The Morgan fingerprint density at radius 2 is 1.88 bits per heavy atom. The summed E-state index contributed by atoms with van der Waals surface area (Å²) in [6.45, 7) is 1.76. The first-order chi connectivity index (χ1) is 8.09. The summed E-state index contributed by atoms with van der Waals surface area (Å²) in [4.78, 5) is 4.21. The van der Waals surface area contributed by atoms with E-state index in [0.717, 1.165) is 5.06 Å². The zero-order chi connectivity index (χ0) is 12.4. The maximum Gasteiger partial charge on any atom is 0.0919 e. The Morgan fingerprint density at radius 1 is 1.24 bits per heavy atom. The van der Waals surface area contributed by atoms with Crippen LogP contribution in [0.2, 0.25) is 10.0 Å². The highest BCUT2D eigenvalue weighted by atomic mass is 35.5. The van der Waals surface area contributed by atoms with Crippen LogP contribution in [0.15, 0.2) is 41.2 Å². The molecule has 2 rings (SSSR count). The third-order valence-electron chi connectivity index (χ3n) is 2.35. The van der Waals surface area contributed by atoms with Crippen LogP contribution in [0, 0.1) is 0 Å². The highest BCUT2D eigenvalue weighted by Crippen LogP contribution is 2.32. The Hall–Kier alpha value is -1.29. The van der Waals surface area contributed by atoms with Gasteiger partial charge in [0.1, 0.15) is 0 Å². The lowest BCUT2D eigenvalue weighted by molar-refractivity contribution is -0.00258. The molecule has 0 spiro atoms. The molecule has 17 heavy (non-hydrogen) atoms. The molecule has 1 heterocycles. The van der Waals surface area contributed by atoms with E-state index in [2.05, 4.69) is 4.99 Å². The average Bonchev–Trinajstić information content (AvgIpc) is 2.42. The van der Waals surface area contributed by atoms with E-state index in [1.165, 1.54) is 6.20 Å². The van der Waals surface area contributed by atoms with Crippen molar-refractivity contribution in [2.45, 2.75) is 6.92 Å². The fraction of sp³-hybridized carbons (Fsp3) is 0.0833. The standard InChI is InChI=1S/C12H10Cl2N2O/c1-8-5-6-15-11(7-16(8)17)12-9(13)3-2-4-10(12)14/h2-7,17H,1H3. The molecule has 1 aliphatic heterocycles. The van der Waals surface area contributed by atoms with Gasteiger partial charge in [-0.25, -0.2) is 5.06 Å². The van der Waals surface area contributed by atoms with Crippen LogP contribution in [0.5, 0.6) is 0 Å². The van der Waals surface area contributed by atoms with Gasteiger partial charge in [0.05, 0.1) is 21.9 Å². The molecule has 0 unspecified atom stereocenters. The number of benzene rings is 1. The van der Waals surface area contributed by atoms with Crippen molar-refractivity contribution in [2.75, 3.05) is 0 Å². The van der Waals surface area contributed by atoms with Crippen molar-refractivity contribution in [3.63, 3.8) is 0 Å². The first kappa shape index (κ1) is 12.2. The topological polar surface area (TPSA) is 35.8 Å². The molecule has 0 aliphatic carbocycles. The summed E-state index contributed by atoms with van der Waals surface area (Å²) in [5.41, 5.74) is 1.78. The van der Waals surface area contributed by atoms with Gasteiger partial charge in [0, 0.05) is 17.5 Å². The molecule has 88 valence electrons. The van der Waals surface area contributed by atoms with Crippen molar-refractivity contribution in [3.05, 3.63) is 51.8 Å². The molecule has 1 aliphatic rings. The monoisotopic (exact) mass is 268 g/mol. The molecule has 0 fully saturated rings. The second kappa shape index (κ2) is 4.92. The summed E-state index contributed by atoms with van der Waals surface area (Å²) in [6.07, 6.45) is 4.76. The van der Waals surface area contributed by atoms with Gasteiger partial charge >= 0.3 is 0 Å². The van der Waals surface area contributed by atoms with Crippen molar-refractivity contribution in [1.82, 2.24) is 5.06 Å². The van der Waals surface area contributed by atoms with Crippen LogP contribution >= 0.6 is 23.2 Å². The molecule has 5 heteroatoms. The van der Waals surface area contributed by atoms with E-state index in [4.69, 9.17) is 23.2 Å². The summed E-state index contributed by atoms with van der Waals surface area (Å²) in [6, 6.07) is 5.22. The van der Waals surface area contributed by atoms with E-state index in [1.54, 1.807) is 37.4 Å². The largest absolute Gasteiger partial charge is 0.284 e. The zero-order valence-electron chi connectivity index (χ0n) is 9.06. The predicted octanol–water partition coefficient (Wildman–Crippen LogP) is 3.97. The Bertz CT molecular complexity index is 515. The highest BCUT2D eigenvalue weighted by molar-refractivity contribution is 6.37. The molecule has 0 bridgehead atoms. The molecule has 0 saturated heterocycles. The van der Waals surface area contributed by atoms with Crippen LogP contribution in [0.1, 0.15) is 12.5 Å². The molecule has 1 aromatic carbocycles. The first-order valence-electron chi connectivity index (χ1n) is 4.95. The predicted molar refractivity (Wildman–Crippen MR) is 70.3 cm³/mol. The molecule has 3 nitrogen and oxygen atoms in total. The lowest BCUT2D eigenvalue weighted by Crippen LogP contribution is -2.08. The smallest absolute Gasteiger partial charge is 0.0919 e. The van der Waals surface area contributed by atoms with Gasteiger partial charge in [0.2, 0.25) is 0 Å². The van der Waals surface area contributed by atoms with Crippen molar-refractivity contribution in [3.8, 4) is 0 Å². The molecule has 0 aromatic heterocycles. The second-order valence-electron chi connectivity index (χ2n) is 3.54. The molecule has 1 aromatic rings. The highest BCUT2D eigenvalue weighted by Gasteiger charge is 2.13. The van der Waals surface area contributed by atoms with Crippen LogP contribution in [0.3, 0.4) is 0 Å².